The first kappa shape index (κ1) is 19.2. The van der Waals surface area contributed by atoms with Gasteiger partial charge in [0, 0.05) is 35.3 Å². The van der Waals surface area contributed by atoms with Crippen LogP contribution in [0.2, 0.25) is 0 Å². The molecular weight excluding hydrogens is 397 g/mol. The van der Waals surface area contributed by atoms with Gasteiger partial charge < -0.3 is 4.98 Å². The number of nitrogens with zero attached hydrogens (tertiary/aromatic N) is 2. The summed E-state index contributed by atoms with van der Waals surface area (Å²) in [6.45, 7) is 0.825. The highest BCUT2D eigenvalue weighted by Crippen LogP contribution is 2.36. The number of rotatable bonds is 4. The van der Waals surface area contributed by atoms with Gasteiger partial charge in [-0.3, -0.25) is 0 Å². The van der Waals surface area contributed by atoms with Crippen LogP contribution in [0.3, 0.4) is 0 Å². The van der Waals surface area contributed by atoms with Crippen LogP contribution >= 0.6 is 11.8 Å². The normalized spacial score (nSPS) is 15.8. The summed E-state index contributed by atoms with van der Waals surface area (Å²) in [5.41, 5.74) is 4.48. The second-order valence-corrected chi connectivity index (χ2v) is 9.58. The number of fused-ring (bicyclic) bond motifs is 1. The summed E-state index contributed by atoms with van der Waals surface area (Å²) in [5.74, 6) is -0.274. The molecule has 28 heavy (non-hydrogen) atoms. The smallest absolute Gasteiger partial charge is 0.211 e. The molecule has 4 rings (SSSR count). The lowest BCUT2D eigenvalue weighted by Crippen LogP contribution is -2.33. The molecule has 0 bridgehead atoms. The van der Waals surface area contributed by atoms with E-state index in [0.717, 1.165) is 38.3 Å². The van der Waals surface area contributed by atoms with Gasteiger partial charge in [0.1, 0.15) is 11.5 Å². The molecule has 0 unspecified atom stereocenters. The van der Waals surface area contributed by atoms with E-state index in [4.69, 9.17) is 0 Å². The third-order valence-corrected chi connectivity index (χ3v) is 7.04. The molecular formula is C20H20FN3O2S2. The van der Waals surface area contributed by atoms with Gasteiger partial charge in [-0.25, -0.2) is 17.8 Å². The molecule has 5 nitrogen and oxygen atoms in total. The third kappa shape index (κ3) is 3.59. The van der Waals surface area contributed by atoms with E-state index in [-0.39, 0.29) is 5.82 Å². The molecule has 0 aliphatic carbocycles. The van der Waals surface area contributed by atoms with E-state index in [9.17, 15) is 12.8 Å². The highest BCUT2D eigenvalue weighted by Gasteiger charge is 2.21. The molecule has 146 valence electrons. The van der Waals surface area contributed by atoms with Crippen LogP contribution in [0, 0.1) is 5.82 Å². The fraction of sp³-hybridized carbons (Fsp3) is 0.250. The van der Waals surface area contributed by atoms with Crippen LogP contribution in [0.4, 0.5) is 4.39 Å². The van der Waals surface area contributed by atoms with Gasteiger partial charge in [-0.05, 0) is 59.7 Å². The number of H-pyrrole nitrogens is 1. The van der Waals surface area contributed by atoms with E-state index in [1.54, 1.807) is 30.1 Å². The van der Waals surface area contributed by atoms with Crippen molar-refractivity contribution in [1.82, 2.24) is 14.3 Å². The number of hydrogen-bond donors (Lipinski definition) is 1. The molecule has 0 fully saturated rings. The number of benzene rings is 1. The number of sulfonamides is 1. The van der Waals surface area contributed by atoms with Crippen molar-refractivity contribution < 1.29 is 12.8 Å². The highest BCUT2D eigenvalue weighted by atomic mass is 32.2. The lowest BCUT2D eigenvalue weighted by molar-refractivity contribution is 0.445. The quantitative estimate of drug-likeness (QED) is 0.648. The zero-order chi connectivity index (χ0) is 19.9. The molecule has 1 aliphatic heterocycles. The highest BCUT2D eigenvalue weighted by molar-refractivity contribution is 7.98. The minimum atomic E-state index is -3.18. The number of halogens is 1. The van der Waals surface area contributed by atoms with E-state index in [2.05, 4.69) is 9.97 Å². The molecule has 1 aliphatic rings. The van der Waals surface area contributed by atoms with Gasteiger partial charge in [0.05, 0.1) is 6.26 Å². The van der Waals surface area contributed by atoms with E-state index < -0.39 is 10.0 Å². The van der Waals surface area contributed by atoms with Gasteiger partial charge in [0.25, 0.3) is 0 Å². The van der Waals surface area contributed by atoms with Gasteiger partial charge >= 0.3 is 0 Å². The van der Waals surface area contributed by atoms with Crippen LogP contribution in [0.25, 0.3) is 27.7 Å². The van der Waals surface area contributed by atoms with Crippen LogP contribution < -0.4 is 0 Å². The summed E-state index contributed by atoms with van der Waals surface area (Å²) in [4.78, 5) is 8.76. The molecule has 2 aromatic heterocycles. The lowest BCUT2D eigenvalue weighted by atomic mass is 10.0. The van der Waals surface area contributed by atoms with Crippen LogP contribution in [-0.4, -0.2) is 48.3 Å². The van der Waals surface area contributed by atoms with E-state index in [0.29, 0.717) is 19.5 Å². The van der Waals surface area contributed by atoms with Crippen molar-refractivity contribution in [2.45, 2.75) is 11.3 Å². The molecule has 3 heterocycles. The number of thioether (sulfide) groups is 1. The number of aromatic nitrogens is 2. The zero-order valence-electron chi connectivity index (χ0n) is 15.6. The van der Waals surface area contributed by atoms with E-state index in [1.807, 2.05) is 24.5 Å². The van der Waals surface area contributed by atoms with Crippen LogP contribution in [0.15, 0.2) is 47.5 Å². The maximum Gasteiger partial charge on any atom is 0.211 e. The molecule has 0 spiro atoms. The Morgan fingerprint density at radius 1 is 1.21 bits per heavy atom. The van der Waals surface area contributed by atoms with E-state index in [1.165, 1.54) is 16.6 Å². The molecule has 0 saturated heterocycles. The van der Waals surface area contributed by atoms with Crippen LogP contribution in [0.1, 0.15) is 12.1 Å². The Hall–Kier alpha value is -2.16. The van der Waals surface area contributed by atoms with Crippen LogP contribution in [0.5, 0.6) is 0 Å². The third-order valence-electron chi connectivity index (χ3n) is 4.97. The van der Waals surface area contributed by atoms with Crippen molar-refractivity contribution in [2.75, 3.05) is 25.6 Å². The lowest BCUT2D eigenvalue weighted by Gasteiger charge is -2.23. The van der Waals surface area contributed by atoms with Gasteiger partial charge in [0.2, 0.25) is 10.0 Å². The average Bonchev–Trinajstić information content (AvgIpc) is 3.11. The minimum Gasteiger partial charge on any atom is -0.339 e. The summed E-state index contributed by atoms with van der Waals surface area (Å²) in [6, 6.07) is 8.73. The summed E-state index contributed by atoms with van der Waals surface area (Å²) in [5, 5.41) is 0.921. The SMILES string of the molecule is CSc1ccc(F)cc1-c1ccnc2[nH]c(C3=CCN(S(C)(=O)=O)CC3)cc12. The summed E-state index contributed by atoms with van der Waals surface area (Å²) < 4.78 is 38.8. The topological polar surface area (TPSA) is 66.1 Å². The van der Waals surface area contributed by atoms with Crippen molar-refractivity contribution in [2.24, 2.45) is 0 Å². The van der Waals surface area contributed by atoms with Crippen molar-refractivity contribution >= 4 is 38.4 Å². The number of nitrogens with one attached hydrogen (secondary N) is 1. The Bertz CT molecular complexity index is 1190. The van der Waals surface area contributed by atoms with Gasteiger partial charge in [-0.1, -0.05) is 6.08 Å². The van der Waals surface area contributed by atoms with Gasteiger partial charge in [-0.2, -0.15) is 4.31 Å². The second-order valence-electron chi connectivity index (χ2n) is 6.75. The van der Waals surface area contributed by atoms with Gasteiger partial charge in [0.15, 0.2) is 0 Å². The molecule has 1 aromatic carbocycles. The second kappa shape index (κ2) is 7.35. The predicted octanol–water partition coefficient (Wildman–Crippen LogP) is 4.14. The summed E-state index contributed by atoms with van der Waals surface area (Å²) in [6.07, 6.45) is 7.48. The maximum atomic E-state index is 13.9. The maximum absolute atomic E-state index is 13.9. The minimum absolute atomic E-state index is 0.274. The number of aromatic amines is 1. The average molecular weight is 418 g/mol. The Kier molecular flexibility index (Phi) is 5.03. The van der Waals surface area contributed by atoms with Crippen molar-refractivity contribution in [3.8, 4) is 11.1 Å². The van der Waals surface area contributed by atoms with Crippen LogP contribution in [-0.2, 0) is 10.0 Å². The number of pyridine rings is 1. The van der Waals surface area contributed by atoms with Crippen molar-refractivity contribution in [3.05, 3.63) is 54.1 Å². The van der Waals surface area contributed by atoms with E-state index >= 15 is 0 Å². The first-order chi connectivity index (χ1) is 13.4. The number of hydrogen-bond acceptors (Lipinski definition) is 4. The first-order valence-electron chi connectivity index (χ1n) is 8.83. The predicted molar refractivity (Wildman–Crippen MR) is 112 cm³/mol. The van der Waals surface area contributed by atoms with Crippen molar-refractivity contribution in [1.29, 1.82) is 0 Å². The Morgan fingerprint density at radius 2 is 2.04 bits per heavy atom. The molecule has 8 heteroatoms. The standard InChI is InChI=1S/C20H20FN3O2S2/c1-27-19-4-3-14(21)11-16(19)15-5-8-22-20-17(15)12-18(23-20)13-6-9-24(10-7-13)28(2,25)26/h3-6,8,11-12H,7,9-10H2,1-2H3,(H,22,23). The summed E-state index contributed by atoms with van der Waals surface area (Å²) >= 11 is 1.57. The molecule has 0 radical (unpaired) electrons. The Labute approximate surface area is 167 Å². The Balaban J connectivity index is 1.77. The summed E-state index contributed by atoms with van der Waals surface area (Å²) in [7, 11) is -3.18. The molecule has 1 N–H and O–H groups in total. The largest absolute Gasteiger partial charge is 0.339 e. The molecule has 0 atom stereocenters. The molecule has 3 aromatic rings. The monoisotopic (exact) mass is 417 g/mol. The van der Waals surface area contributed by atoms with Crippen molar-refractivity contribution in [3.63, 3.8) is 0 Å². The fourth-order valence-corrected chi connectivity index (χ4v) is 4.88. The Morgan fingerprint density at radius 3 is 2.71 bits per heavy atom. The fourth-order valence-electron chi connectivity index (χ4n) is 3.52. The first-order valence-corrected chi connectivity index (χ1v) is 11.9. The van der Waals surface area contributed by atoms with Gasteiger partial charge in [-0.15, -0.1) is 11.8 Å². The molecule has 0 amide bonds. The zero-order valence-corrected chi connectivity index (χ0v) is 17.2. The molecule has 0 saturated carbocycles.